The van der Waals surface area contributed by atoms with E-state index in [1.54, 1.807) is 46.3 Å². The van der Waals surface area contributed by atoms with Crippen molar-refractivity contribution in [3.8, 4) is 0 Å². The van der Waals surface area contributed by atoms with E-state index in [-0.39, 0.29) is 29.1 Å². The largest absolute Gasteiger partial charge is 0.380 e. The van der Waals surface area contributed by atoms with Gasteiger partial charge in [0.15, 0.2) is 0 Å². The van der Waals surface area contributed by atoms with Crippen molar-refractivity contribution in [2.24, 2.45) is 0 Å². The van der Waals surface area contributed by atoms with Crippen molar-refractivity contribution >= 4 is 23.2 Å². The van der Waals surface area contributed by atoms with E-state index in [0.717, 1.165) is 19.3 Å². The van der Waals surface area contributed by atoms with Gasteiger partial charge < -0.3 is 15.1 Å². The fourth-order valence-corrected chi connectivity index (χ4v) is 4.00. The lowest BCUT2D eigenvalue weighted by Gasteiger charge is -2.19. The second-order valence-electron chi connectivity index (χ2n) is 7.58. The Morgan fingerprint density at radius 1 is 1.07 bits per heavy atom. The van der Waals surface area contributed by atoms with Gasteiger partial charge in [-0.25, -0.2) is 0 Å². The van der Waals surface area contributed by atoms with Crippen LogP contribution in [0.2, 0.25) is 0 Å². The smallest absolute Gasteiger partial charge is 0.282 e. The molecule has 156 valence electrons. The number of nitrogens with zero attached hydrogens (tertiary/aromatic N) is 4. The Hall–Kier alpha value is -3.49. The number of nitro groups is 1. The van der Waals surface area contributed by atoms with Crippen molar-refractivity contribution in [1.82, 2.24) is 14.8 Å². The van der Waals surface area contributed by atoms with Crippen molar-refractivity contribution in [2.45, 2.75) is 25.3 Å². The molecule has 1 aromatic heterocycles. The predicted octanol–water partition coefficient (Wildman–Crippen LogP) is 2.55. The van der Waals surface area contributed by atoms with E-state index >= 15 is 0 Å². The van der Waals surface area contributed by atoms with Crippen LogP contribution in [0.25, 0.3) is 0 Å². The number of carbonyl (C=O) groups is 2. The van der Waals surface area contributed by atoms with Gasteiger partial charge in [0.05, 0.1) is 4.92 Å². The summed E-state index contributed by atoms with van der Waals surface area (Å²) >= 11 is 0. The van der Waals surface area contributed by atoms with E-state index in [0.29, 0.717) is 37.6 Å². The Bertz CT molecular complexity index is 959. The number of anilines is 1. The minimum Gasteiger partial charge on any atom is -0.380 e. The lowest BCUT2D eigenvalue weighted by atomic mass is 10.1. The first kappa shape index (κ1) is 19.8. The zero-order valence-corrected chi connectivity index (χ0v) is 16.5. The number of pyridine rings is 1. The number of rotatable bonds is 5. The molecule has 2 fully saturated rings. The van der Waals surface area contributed by atoms with E-state index in [4.69, 9.17) is 0 Å². The van der Waals surface area contributed by atoms with Crippen LogP contribution in [0, 0.1) is 10.1 Å². The van der Waals surface area contributed by atoms with Crippen molar-refractivity contribution < 1.29 is 14.5 Å². The highest BCUT2D eigenvalue weighted by Crippen LogP contribution is 2.27. The molecule has 1 atom stereocenters. The molecule has 4 rings (SSSR count). The number of likely N-dealkylation sites (tertiary alicyclic amines) is 2. The van der Waals surface area contributed by atoms with Crippen LogP contribution in [0.15, 0.2) is 42.6 Å². The summed E-state index contributed by atoms with van der Waals surface area (Å²) in [6.45, 7) is 2.35. The third-order valence-electron chi connectivity index (χ3n) is 5.55. The third-order valence-corrected chi connectivity index (χ3v) is 5.55. The molecule has 9 nitrogen and oxygen atoms in total. The summed E-state index contributed by atoms with van der Waals surface area (Å²) in [5.41, 5.74) is 0.967. The zero-order valence-electron chi connectivity index (χ0n) is 16.5. The highest BCUT2D eigenvalue weighted by Gasteiger charge is 2.30. The Morgan fingerprint density at radius 3 is 2.57 bits per heavy atom. The van der Waals surface area contributed by atoms with Crippen LogP contribution < -0.4 is 5.32 Å². The van der Waals surface area contributed by atoms with E-state index in [9.17, 15) is 19.7 Å². The number of amides is 2. The normalized spacial score (nSPS) is 18.5. The van der Waals surface area contributed by atoms with Crippen LogP contribution in [0.5, 0.6) is 0 Å². The Kier molecular flexibility index (Phi) is 5.60. The van der Waals surface area contributed by atoms with E-state index in [1.165, 1.54) is 6.07 Å². The summed E-state index contributed by atoms with van der Waals surface area (Å²) < 4.78 is 0. The molecule has 1 unspecified atom stereocenters. The minimum atomic E-state index is -0.518. The maximum Gasteiger partial charge on any atom is 0.282 e. The van der Waals surface area contributed by atoms with Gasteiger partial charge in [-0.05, 0) is 43.5 Å². The molecule has 2 amide bonds. The van der Waals surface area contributed by atoms with E-state index in [2.05, 4.69) is 10.3 Å². The highest BCUT2D eigenvalue weighted by molar-refractivity contribution is 5.99. The molecule has 0 bridgehead atoms. The Morgan fingerprint density at radius 2 is 1.87 bits per heavy atom. The van der Waals surface area contributed by atoms with Crippen molar-refractivity contribution in [3.63, 3.8) is 0 Å². The molecule has 0 radical (unpaired) electrons. The number of nitro benzene ring substituents is 1. The van der Waals surface area contributed by atoms with Gasteiger partial charge in [0.25, 0.3) is 17.5 Å². The standard InChI is InChI=1S/C21H23N5O4/c27-20(24-10-3-4-11-24)17-13-15(6-7-19(17)26(29)30)23-16-8-12-25(14-16)21(28)18-5-1-2-9-22-18/h1-2,5-7,9,13,16,23H,3-4,8,10-12,14H2. The lowest BCUT2D eigenvalue weighted by molar-refractivity contribution is -0.385. The van der Waals surface area contributed by atoms with Gasteiger partial charge >= 0.3 is 0 Å². The van der Waals surface area contributed by atoms with Crippen LogP contribution in [0.4, 0.5) is 11.4 Å². The van der Waals surface area contributed by atoms with Gasteiger partial charge in [0.1, 0.15) is 11.3 Å². The summed E-state index contributed by atoms with van der Waals surface area (Å²) in [5.74, 6) is -0.422. The maximum atomic E-state index is 12.8. The van der Waals surface area contributed by atoms with Crippen LogP contribution in [-0.2, 0) is 0 Å². The van der Waals surface area contributed by atoms with Crippen molar-refractivity contribution in [3.05, 3.63) is 64.0 Å². The molecule has 1 N–H and O–H groups in total. The molecule has 3 heterocycles. The molecule has 0 aliphatic carbocycles. The van der Waals surface area contributed by atoms with Crippen LogP contribution in [-0.4, -0.2) is 63.7 Å². The summed E-state index contributed by atoms with van der Waals surface area (Å²) in [4.78, 5) is 43.8. The minimum absolute atomic E-state index is 0.00569. The molecule has 0 spiro atoms. The van der Waals surface area contributed by atoms with Crippen molar-refractivity contribution in [2.75, 3.05) is 31.5 Å². The van der Waals surface area contributed by atoms with Gasteiger partial charge in [-0.1, -0.05) is 6.07 Å². The number of nitrogens with one attached hydrogen (secondary N) is 1. The van der Waals surface area contributed by atoms with Gasteiger partial charge in [-0.3, -0.25) is 24.7 Å². The first-order chi connectivity index (χ1) is 14.5. The Labute approximate surface area is 173 Å². The summed E-state index contributed by atoms with van der Waals surface area (Å²) in [6.07, 6.45) is 4.17. The first-order valence-corrected chi connectivity index (χ1v) is 10.1. The average molecular weight is 409 g/mol. The maximum absolute atomic E-state index is 12.8. The van der Waals surface area contributed by atoms with Crippen LogP contribution in [0.1, 0.15) is 40.1 Å². The predicted molar refractivity (Wildman–Crippen MR) is 110 cm³/mol. The SMILES string of the molecule is O=C(c1ccccn1)N1CCC(Nc2ccc([N+](=O)[O-])c(C(=O)N3CCCC3)c2)C1. The van der Waals surface area contributed by atoms with Gasteiger partial charge in [0.2, 0.25) is 0 Å². The zero-order chi connectivity index (χ0) is 21.1. The van der Waals surface area contributed by atoms with Crippen LogP contribution in [0.3, 0.4) is 0 Å². The second kappa shape index (κ2) is 8.48. The first-order valence-electron chi connectivity index (χ1n) is 10.1. The van der Waals surface area contributed by atoms with Crippen LogP contribution >= 0.6 is 0 Å². The van der Waals surface area contributed by atoms with Gasteiger partial charge in [-0.15, -0.1) is 0 Å². The fourth-order valence-electron chi connectivity index (χ4n) is 4.00. The summed E-state index contributed by atoms with van der Waals surface area (Å²) in [5, 5.41) is 14.7. The van der Waals surface area contributed by atoms with Gasteiger partial charge in [-0.2, -0.15) is 0 Å². The second-order valence-corrected chi connectivity index (χ2v) is 7.58. The summed E-state index contributed by atoms with van der Waals surface area (Å²) in [6, 6.07) is 9.77. The number of hydrogen-bond acceptors (Lipinski definition) is 6. The number of aromatic nitrogens is 1. The third kappa shape index (κ3) is 4.10. The molecule has 2 aromatic rings. The van der Waals surface area contributed by atoms with Crippen molar-refractivity contribution in [1.29, 1.82) is 0 Å². The number of benzene rings is 1. The Balaban J connectivity index is 1.47. The molecule has 30 heavy (non-hydrogen) atoms. The van der Waals surface area contributed by atoms with Gasteiger partial charge in [0, 0.05) is 50.2 Å². The molecular formula is C21H23N5O4. The van der Waals surface area contributed by atoms with E-state index < -0.39 is 4.92 Å². The summed E-state index contributed by atoms with van der Waals surface area (Å²) in [7, 11) is 0. The molecular weight excluding hydrogens is 386 g/mol. The fraction of sp³-hybridized carbons (Fsp3) is 0.381. The molecule has 1 aromatic carbocycles. The quantitative estimate of drug-likeness (QED) is 0.600. The lowest BCUT2D eigenvalue weighted by Crippen LogP contribution is -2.32. The highest BCUT2D eigenvalue weighted by atomic mass is 16.6. The number of carbonyl (C=O) groups excluding carboxylic acids is 2. The van der Waals surface area contributed by atoms with E-state index in [1.807, 2.05) is 0 Å². The number of hydrogen-bond donors (Lipinski definition) is 1. The molecule has 2 aliphatic rings. The monoisotopic (exact) mass is 409 g/mol. The molecule has 2 saturated heterocycles. The molecule has 9 heteroatoms. The molecule has 2 aliphatic heterocycles. The topological polar surface area (TPSA) is 109 Å². The average Bonchev–Trinajstić information content (AvgIpc) is 3.45. The molecule has 0 saturated carbocycles.